The van der Waals surface area contributed by atoms with Gasteiger partial charge in [-0.2, -0.15) is 5.10 Å². The van der Waals surface area contributed by atoms with Crippen LogP contribution in [0.15, 0.2) is 156 Å². The highest BCUT2D eigenvalue weighted by Gasteiger charge is 2.35. The number of aliphatic imine (C=N–C) groups is 1. The molecule has 8 rings (SSSR count). The Morgan fingerprint density at radius 2 is 1.12 bits per heavy atom. The second kappa shape index (κ2) is 32.7. The zero-order chi connectivity index (χ0) is 58.9. The van der Waals surface area contributed by atoms with E-state index in [1.807, 2.05) is 60.7 Å². The number of fused-ring (bicyclic) bond motifs is 1. The molecule has 18 heteroatoms. The molecule has 2 saturated carbocycles. The van der Waals surface area contributed by atoms with E-state index < -0.39 is 47.7 Å². The number of anilines is 1. The predicted molar refractivity (Wildman–Crippen MR) is 320 cm³/mol. The summed E-state index contributed by atoms with van der Waals surface area (Å²) in [6.07, 6.45) is 28.3. The number of hydrogen-bond donors (Lipinski definition) is 0. The molecule has 0 saturated heterocycles. The Labute approximate surface area is 495 Å². The number of unbranched alkanes of at least 4 members (excludes halogenated alkanes) is 6. The van der Waals surface area contributed by atoms with Crippen LogP contribution in [0.5, 0.6) is 23.0 Å². The first-order valence-corrected chi connectivity index (χ1v) is 30.2. The number of hydrogen-bond acceptors (Lipinski definition) is 18. The fourth-order valence-electron chi connectivity index (χ4n) is 10.2. The largest absolute Gasteiger partial charge is 0.494 e. The Morgan fingerprint density at radius 3 is 1.70 bits per heavy atom. The van der Waals surface area contributed by atoms with E-state index in [1.54, 1.807) is 65.4 Å². The molecule has 4 aliphatic carbocycles. The Kier molecular flexibility index (Phi) is 24.2. The maximum absolute atomic E-state index is 14.0. The molecule has 2 fully saturated rings. The van der Waals surface area contributed by atoms with Gasteiger partial charge in [0.1, 0.15) is 34.9 Å². The molecule has 0 radical (unpaired) electrons. The van der Waals surface area contributed by atoms with Gasteiger partial charge in [-0.3, -0.25) is 24.2 Å². The van der Waals surface area contributed by atoms with Gasteiger partial charge in [-0.15, -0.1) is 0 Å². The summed E-state index contributed by atoms with van der Waals surface area (Å²) >= 11 is 1.59. The summed E-state index contributed by atoms with van der Waals surface area (Å²) in [6.45, 7) is 8.62. The van der Waals surface area contributed by atoms with Crippen molar-refractivity contribution in [2.45, 2.75) is 127 Å². The summed E-state index contributed by atoms with van der Waals surface area (Å²) in [4.78, 5) is 81.7. The van der Waals surface area contributed by atoms with E-state index in [4.69, 9.17) is 48.0 Å². The molecule has 5 aliphatic rings. The molecule has 84 heavy (non-hydrogen) atoms. The van der Waals surface area contributed by atoms with Crippen LogP contribution in [-0.4, -0.2) is 91.0 Å². The quantitative estimate of drug-likeness (QED) is 0.0121. The molecule has 444 valence electrons. The third-order valence-electron chi connectivity index (χ3n) is 15.0. The van der Waals surface area contributed by atoms with Crippen molar-refractivity contribution in [2.24, 2.45) is 33.8 Å². The van der Waals surface area contributed by atoms with Crippen molar-refractivity contribution in [2.75, 3.05) is 31.4 Å². The lowest BCUT2D eigenvalue weighted by Gasteiger charge is -2.27. The number of ether oxygens (including phenoxy) is 8. The van der Waals surface area contributed by atoms with Crippen LogP contribution < -0.4 is 24.0 Å². The molecule has 0 aromatic heterocycles. The lowest BCUT2D eigenvalue weighted by Crippen LogP contribution is -2.31. The van der Waals surface area contributed by atoms with Gasteiger partial charge in [0, 0.05) is 24.1 Å². The Bertz CT molecular complexity index is 2940. The van der Waals surface area contributed by atoms with E-state index >= 15 is 0 Å². The number of amidine groups is 1. The monoisotopic (exact) mass is 1170 g/mol. The SMILES string of the molecule is C=CC(=O)OCCCCCCOC1=CCC(OC(=O)C2CCC(C(=O)Oc3ccc(OC(=O)C4CCC(C(=O)Oc5ccc(OCCCCCCOC(=O)C=C)cc5)CC4)c(/C=N/N(C4=NC5C=CC=CC5S4)c4ccccc4)c3)CC2)C=C1. The van der Waals surface area contributed by atoms with Crippen LogP contribution in [0.3, 0.4) is 0 Å². The van der Waals surface area contributed by atoms with Crippen molar-refractivity contribution in [3.8, 4) is 23.0 Å². The predicted octanol–water partition coefficient (Wildman–Crippen LogP) is 12.3. The number of para-hydroxylation sites is 1. The van der Waals surface area contributed by atoms with Crippen LogP contribution >= 0.6 is 11.8 Å². The minimum absolute atomic E-state index is 0.0498. The minimum Gasteiger partial charge on any atom is -0.494 e. The second-order valence-electron chi connectivity index (χ2n) is 21.1. The van der Waals surface area contributed by atoms with E-state index in [1.165, 1.54) is 0 Å². The summed E-state index contributed by atoms with van der Waals surface area (Å²) in [5.74, 6) is -1.74. The van der Waals surface area contributed by atoms with Crippen molar-refractivity contribution < 1.29 is 66.7 Å². The number of benzene rings is 3. The van der Waals surface area contributed by atoms with Gasteiger partial charge < -0.3 is 37.9 Å². The van der Waals surface area contributed by atoms with Gasteiger partial charge in [-0.25, -0.2) is 14.6 Å². The van der Waals surface area contributed by atoms with E-state index in [-0.39, 0.29) is 40.6 Å². The molecule has 3 aromatic rings. The van der Waals surface area contributed by atoms with Gasteiger partial charge >= 0.3 is 35.8 Å². The van der Waals surface area contributed by atoms with Gasteiger partial charge in [-0.05, 0) is 176 Å². The summed E-state index contributed by atoms with van der Waals surface area (Å²) in [5, 5.41) is 7.47. The van der Waals surface area contributed by atoms with Crippen LogP contribution in [0.25, 0.3) is 0 Å². The van der Waals surface area contributed by atoms with Crippen LogP contribution in [0.1, 0.15) is 115 Å². The van der Waals surface area contributed by atoms with Crippen molar-refractivity contribution in [3.63, 3.8) is 0 Å². The number of allylic oxidation sites excluding steroid dienone is 3. The molecular weight excluding hydrogens is 1090 g/mol. The van der Waals surface area contributed by atoms with E-state index in [0.29, 0.717) is 106 Å². The Hall–Kier alpha value is -7.99. The third kappa shape index (κ3) is 19.3. The number of thioether (sulfide) groups is 1. The van der Waals surface area contributed by atoms with Gasteiger partial charge in [0.25, 0.3) is 0 Å². The van der Waals surface area contributed by atoms with E-state index in [9.17, 15) is 28.8 Å². The zero-order valence-corrected chi connectivity index (χ0v) is 48.3. The molecule has 17 nitrogen and oxygen atoms in total. The van der Waals surface area contributed by atoms with Crippen LogP contribution in [0, 0.1) is 23.7 Å². The molecule has 0 bridgehead atoms. The number of esters is 6. The van der Waals surface area contributed by atoms with Crippen molar-refractivity contribution in [1.29, 1.82) is 0 Å². The summed E-state index contributed by atoms with van der Waals surface area (Å²) in [7, 11) is 0. The van der Waals surface area contributed by atoms with Crippen molar-refractivity contribution in [3.05, 3.63) is 152 Å². The first kappa shape index (κ1) is 62.1. The van der Waals surface area contributed by atoms with Gasteiger partial charge in [0.2, 0.25) is 0 Å². The molecule has 1 heterocycles. The molecule has 0 amide bonds. The highest BCUT2D eigenvalue weighted by atomic mass is 32.2. The first-order valence-electron chi connectivity index (χ1n) is 29.3. The van der Waals surface area contributed by atoms with E-state index in [2.05, 4.69) is 25.3 Å². The highest BCUT2D eigenvalue weighted by Crippen LogP contribution is 2.37. The van der Waals surface area contributed by atoms with Gasteiger partial charge in [0.15, 0.2) is 5.17 Å². The zero-order valence-electron chi connectivity index (χ0n) is 47.5. The summed E-state index contributed by atoms with van der Waals surface area (Å²) in [6, 6.07) is 21.3. The maximum atomic E-state index is 14.0. The summed E-state index contributed by atoms with van der Waals surface area (Å²) in [5.41, 5.74) is 1.16. The Morgan fingerprint density at radius 1 is 0.583 bits per heavy atom. The summed E-state index contributed by atoms with van der Waals surface area (Å²) < 4.78 is 45.5. The second-order valence-corrected chi connectivity index (χ2v) is 22.3. The van der Waals surface area contributed by atoms with E-state index in [0.717, 1.165) is 75.0 Å². The molecule has 0 N–H and O–H groups in total. The van der Waals surface area contributed by atoms with Crippen LogP contribution in [-0.2, 0) is 47.7 Å². The third-order valence-corrected chi connectivity index (χ3v) is 16.2. The Balaban J connectivity index is 0.826. The fraction of sp³-hybridized carbons (Fsp3) is 0.424. The average molecular weight is 1170 g/mol. The molecule has 1 aliphatic heterocycles. The average Bonchev–Trinajstić information content (AvgIpc) is 4.03. The lowest BCUT2D eigenvalue weighted by molar-refractivity contribution is -0.155. The molecule has 3 aromatic carbocycles. The smallest absolute Gasteiger partial charge is 0.330 e. The fourth-order valence-corrected chi connectivity index (χ4v) is 11.3. The first-order chi connectivity index (χ1) is 41.0. The maximum Gasteiger partial charge on any atom is 0.330 e. The van der Waals surface area contributed by atoms with Gasteiger partial charge in [-0.1, -0.05) is 67.4 Å². The van der Waals surface area contributed by atoms with Gasteiger partial charge in [0.05, 0.1) is 73.3 Å². The minimum atomic E-state index is -0.477. The number of rotatable bonds is 29. The van der Waals surface area contributed by atoms with Crippen molar-refractivity contribution >= 4 is 64.6 Å². The van der Waals surface area contributed by atoms with Crippen LogP contribution in [0.4, 0.5) is 5.69 Å². The highest BCUT2D eigenvalue weighted by molar-refractivity contribution is 8.15. The van der Waals surface area contributed by atoms with Crippen molar-refractivity contribution in [1.82, 2.24) is 0 Å². The number of carbonyl (C=O) groups is 6. The number of carbonyl (C=O) groups excluding carboxylic acids is 6. The number of hydrazone groups is 1. The topological polar surface area (TPSA) is 204 Å². The molecule has 0 spiro atoms. The van der Waals surface area contributed by atoms with Crippen LogP contribution in [0.2, 0.25) is 0 Å². The molecular formula is C66H75N3O14S. The molecule has 3 unspecified atom stereocenters. The standard InChI is InChI=1S/C66H75N3O14S/c1-3-60(70)78-42-16-7-5-14-40-76-52-30-34-54(35-31-52)80-62(72)46-22-24-48(25-23-46)64(74)82-56-38-39-58(50(44-56)45-67-69(51-18-10-9-11-19-51)66-68-57-20-12-13-21-59(57)84-66)83-65(75)49-28-26-47(27-29-49)63(73)81-55-36-32-53(33-37-55)77-41-15-6-8-17-43-79-61(71)4-2/h3-4,9-13,18-21,30-34,36-39,44-49,54,57,59H,1-2,5-8,14-17,22-29,35,40-43H2/b67-45+. The number of nitrogens with zero attached hydrogens (tertiary/aromatic N) is 3. The normalized spacial score (nSPS) is 21.4. The lowest BCUT2D eigenvalue weighted by atomic mass is 9.82. The molecule has 3 atom stereocenters.